The minimum Gasteiger partial charge on any atom is -0.298 e. The Bertz CT molecular complexity index is 244. The van der Waals surface area contributed by atoms with Crippen LogP contribution in [0.4, 0.5) is 0 Å². The molecule has 0 aliphatic carbocycles. The van der Waals surface area contributed by atoms with Crippen LogP contribution in [0.5, 0.6) is 0 Å². The molecule has 1 aromatic rings. The number of hydrogen-bond acceptors (Lipinski definition) is 4. The van der Waals surface area contributed by atoms with Gasteiger partial charge in [0.15, 0.2) is 0 Å². The molecular formula is C8H15N3O. The van der Waals surface area contributed by atoms with Crippen molar-refractivity contribution in [3.05, 3.63) is 11.4 Å². The van der Waals surface area contributed by atoms with Gasteiger partial charge < -0.3 is 0 Å². The second-order valence-electron chi connectivity index (χ2n) is 3.31. The van der Waals surface area contributed by atoms with E-state index >= 15 is 0 Å². The molecule has 1 aromatic heterocycles. The smallest absolute Gasteiger partial charge is 0.122 e. The molecule has 12 heavy (non-hydrogen) atoms. The van der Waals surface area contributed by atoms with Gasteiger partial charge in [-0.1, -0.05) is 10.3 Å². The van der Waals surface area contributed by atoms with Crippen LogP contribution in [0, 0.1) is 6.92 Å². The molecule has 0 aromatic carbocycles. The van der Waals surface area contributed by atoms with Crippen LogP contribution < -0.4 is 0 Å². The summed E-state index contributed by atoms with van der Waals surface area (Å²) < 4.78 is 4.60. The normalized spacial score (nSPS) is 11.5. The molecular weight excluding hydrogens is 154 g/mol. The van der Waals surface area contributed by atoms with Gasteiger partial charge in [0.25, 0.3) is 0 Å². The van der Waals surface area contributed by atoms with E-state index in [1.165, 1.54) is 0 Å². The number of aromatic nitrogens is 2. The summed E-state index contributed by atoms with van der Waals surface area (Å²) >= 11 is 0. The Morgan fingerprint density at radius 3 is 2.50 bits per heavy atom. The van der Waals surface area contributed by atoms with Gasteiger partial charge in [0.05, 0.1) is 0 Å². The lowest BCUT2D eigenvalue weighted by atomic mass is 10.3. The lowest BCUT2D eigenvalue weighted by molar-refractivity contribution is 0.249. The molecule has 0 spiro atoms. The fraction of sp³-hybridized carbons (Fsp3) is 0.750. The van der Waals surface area contributed by atoms with Crippen LogP contribution in [0.3, 0.4) is 0 Å². The number of aryl methyl sites for hydroxylation is 1. The molecule has 4 heteroatoms. The maximum Gasteiger partial charge on any atom is 0.122 e. The van der Waals surface area contributed by atoms with E-state index in [1.54, 1.807) is 0 Å². The van der Waals surface area contributed by atoms with Crippen LogP contribution in [0.2, 0.25) is 0 Å². The molecule has 0 aliphatic rings. The standard InChI is InChI=1S/C8H15N3O/c1-6(2)11(4)5-8-7(3)9-12-10-8/h6H,5H2,1-4H3. The summed E-state index contributed by atoms with van der Waals surface area (Å²) in [5.74, 6) is 0. The molecule has 0 amide bonds. The van der Waals surface area contributed by atoms with E-state index in [0.29, 0.717) is 6.04 Å². The van der Waals surface area contributed by atoms with E-state index in [1.807, 2.05) is 6.92 Å². The van der Waals surface area contributed by atoms with Gasteiger partial charge >= 0.3 is 0 Å². The molecule has 0 bridgehead atoms. The molecule has 0 N–H and O–H groups in total. The third-order valence-corrected chi connectivity index (χ3v) is 2.03. The molecule has 0 fully saturated rings. The molecule has 1 rings (SSSR count). The van der Waals surface area contributed by atoms with Gasteiger partial charge in [-0.2, -0.15) is 0 Å². The van der Waals surface area contributed by atoms with E-state index < -0.39 is 0 Å². The fourth-order valence-corrected chi connectivity index (χ4v) is 0.812. The summed E-state index contributed by atoms with van der Waals surface area (Å²) in [7, 11) is 2.05. The molecule has 0 aliphatic heterocycles. The zero-order valence-electron chi connectivity index (χ0n) is 8.03. The largest absolute Gasteiger partial charge is 0.298 e. The maximum absolute atomic E-state index is 4.60. The Balaban J connectivity index is 2.58. The number of rotatable bonds is 3. The van der Waals surface area contributed by atoms with Gasteiger partial charge in [-0.05, 0) is 27.8 Å². The van der Waals surface area contributed by atoms with Crippen LogP contribution in [-0.2, 0) is 6.54 Å². The van der Waals surface area contributed by atoms with Crippen molar-refractivity contribution >= 4 is 0 Å². The maximum atomic E-state index is 4.60. The average molecular weight is 169 g/mol. The Morgan fingerprint density at radius 1 is 1.42 bits per heavy atom. The second kappa shape index (κ2) is 3.67. The second-order valence-corrected chi connectivity index (χ2v) is 3.31. The van der Waals surface area contributed by atoms with Crippen molar-refractivity contribution in [3.63, 3.8) is 0 Å². The summed E-state index contributed by atoms with van der Waals surface area (Å²) in [5, 5.41) is 7.53. The van der Waals surface area contributed by atoms with Gasteiger partial charge in [-0.15, -0.1) is 0 Å². The van der Waals surface area contributed by atoms with E-state index in [2.05, 4.69) is 40.7 Å². The highest BCUT2D eigenvalue weighted by Gasteiger charge is 2.09. The third-order valence-electron chi connectivity index (χ3n) is 2.03. The Morgan fingerprint density at radius 2 is 2.08 bits per heavy atom. The van der Waals surface area contributed by atoms with Crippen molar-refractivity contribution in [2.24, 2.45) is 0 Å². The summed E-state index contributed by atoms with van der Waals surface area (Å²) in [5.41, 5.74) is 1.80. The first kappa shape index (κ1) is 9.19. The molecule has 1 heterocycles. The number of hydrogen-bond donors (Lipinski definition) is 0. The highest BCUT2D eigenvalue weighted by molar-refractivity contribution is 5.03. The SMILES string of the molecule is Cc1nonc1CN(C)C(C)C. The van der Waals surface area contributed by atoms with Crippen LogP contribution in [0.1, 0.15) is 25.2 Å². The quantitative estimate of drug-likeness (QED) is 0.682. The van der Waals surface area contributed by atoms with E-state index in [4.69, 9.17) is 0 Å². The van der Waals surface area contributed by atoms with Crippen molar-refractivity contribution in [2.45, 2.75) is 33.4 Å². The summed E-state index contributed by atoms with van der Waals surface area (Å²) in [6, 6.07) is 0.515. The first-order valence-electron chi connectivity index (χ1n) is 4.09. The summed E-state index contributed by atoms with van der Waals surface area (Å²) in [4.78, 5) is 2.19. The monoisotopic (exact) mass is 169 g/mol. The predicted octanol–water partition coefficient (Wildman–Crippen LogP) is 1.22. The summed E-state index contributed by atoms with van der Waals surface area (Å²) in [6.45, 7) is 6.98. The van der Waals surface area contributed by atoms with Crippen molar-refractivity contribution < 1.29 is 4.63 Å². The lowest BCUT2D eigenvalue weighted by Gasteiger charge is -2.19. The van der Waals surface area contributed by atoms with Crippen molar-refractivity contribution in [3.8, 4) is 0 Å². The zero-order chi connectivity index (χ0) is 9.14. The van der Waals surface area contributed by atoms with Crippen molar-refractivity contribution in [1.29, 1.82) is 0 Å². The number of nitrogens with zero attached hydrogens (tertiary/aromatic N) is 3. The van der Waals surface area contributed by atoms with Crippen LogP contribution in [0.15, 0.2) is 4.63 Å². The molecule has 0 saturated carbocycles. The van der Waals surface area contributed by atoms with Crippen LogP contribution in [0.25, 0.3) is 0 Å². The third kappa shape index (κ3) is 2.04. The highest BCUT2D eigenvalue weighted by atomic mass is 16.6. The van der Waals surface area contributed by atoms with Crippen molar-refractivity contribution in [1.82, 2.24) is 15.2 Å². The van der Waals surface area contributed by atoms with E-state index in [0.717, 1.165) is 17.9 Å². The highest BCUT2D eigenvalue weighted by Crippen LogP contribution is 2.05. The topological polar surface area (TPSA) is 42.2 Å². The first-order valence-corrected chi connectivity index (χ1v) is 4.09. The molecule has 0 radical (unpaired) electrons. The minimum atomic E-state index is 0.515. The Kier molecular flexibility index (Phi) is 2.81. The minimum absolute atomic E-state index is 0.515. The molecule has 0 unspecified atom stereocenters. The van der Waals surface area contributed by atoms with Gasteiger partial charge in [-0.3, -0.25) is 4.90 Å². The Labute approximate surface area is 72.5 Å². The van der Waals surface area contributed by atoms with Gasteiger partial charge in [0.1, 0.15) is 11.4 Å². The van der Waals surface area contributed by atoms with Gasteiger partial charge in [-0.25, -0.2) is 4.63 Å². The predicted molar refractivity (Wildman–Crippen MR) is 45.6 cm³/mol. The molecule has 0 saturated heterocycles. The fourth-order valence-electron chi connectivity index (χ4n) is 0.812. The molecule has 4 nitrogen and oxygen atoms in total. The lowest BCUT2D eigenvalue weighted by Crippen LogP contribution is -2.26. The van der Waals surface area contributed by atoms with Crippen LogP contribution in [-0.4, -0.2) is 28.3 Å². The van der Waals surface area contributed by atoms with E-state index in [-0.39, 0.29) is 0 Å². The molecule has 68 valence electrons. The first-order chi connectivity index (χ1) is 5.61. The van der Waals surface area contributed by atoms with E-state index in [9.17, 15) is 0 Å². The Hall–Kier alpha value is -0.900. The summed E-state index contributed by atoms with van der Waals surface area (Å²) in [6.07, 6.45) is 0. The van der Waals surface area contributed by atoms with Crippen molar-refractivity contribution in [2.75, 3.05) is 7.05 Å². The van der Waals surface area contributed by atoms with Crippen LogP contribution >= 0.6 is 0 Å². The zero-order valence-corrected chi connectivity index (χ0v) is 8.03. The van der Waals surface area contributed by atoms with Gasteiger partial charge in [0, 0.05) is 12.6 Å². The van der Waals surface area contributed by atoms with Gasteiger partial charge in [0.2, 0.25) is 0 Å². The average Bonchev–Trinajstić information content (AvgIpc) is 2.36. The molecule has 0 atom stereocenters.